The van der Waals surface area contributed by atoms with Gasteiger partial charge >= 0.3 is 5.97 Å². The van der Waals surface area contributed by atoms with Gasteiger partial charge in [0.25, 0.3) is 0 Å². The Labute approximate surface area is 116 Å². The van der Waals surface area contributed by atoms with E-state index in [1.807, 2.05) is 6.92 Å². The van der Waals surface area contributed by atoms with Crippen LogP contribution in [0.1, 0.15) is 38.6 Å². The third kappa shape index (κ3) is 1.73. The molecule has 0 radical (unpaired) electrons. The molecule has 1 fully saturated rings. The minimum absolute atomic E-state index is 0.547. The first-order valence-corrected chi connectivity index (χ1v) is 6.76. The van der Waals surface area contributed by atoms with E-state index in [0.717, 1.165) is 0 Å². The number of hydrogen-bond acceptors (Lipinski definition) is 5. The molecule has 2 N–H and O–H groups in total. The second kappa shape index (κ2) is 4.46. The Hall–Kier alpha value is -1.59. The van der Waals surface area contributed by atoms with Crippen LogP contribution in [0.5, 0.6) is 0 Å². The summed E-state index contributed by atoms with van der Waals surface area (Å²) >= 11 is 0. The zero-order valence-corrected chi connectivity index (χ0v) is 11.5. The third-order valence-corrected chi connectivity index (χ3v) is 4.59. The van der Waals surface area contributed by atoms with E-state index >= 15 is 0 Å². The first kappa shape index (κ1) is 13.4. The third-order valence-electron chi connectivity index (χ3n) is 4.59. The SMILES string of the molecule is CC1=C2[C@@H](O)C(=O)O[C@@H](c3ccco3)[C@]2(C)CC[C@@H]1O. The monoisotopic (exact) mass is 278 g/mol. The maximum atomic E-state index is 11.9. The Morgan fingerprint density at radius 1 is 1.40 bits per heavy atom. The molecule has 5 nitrogen and oxygen atoms in total. The molecule has 1 aromatic rings. The molecule has 3 rings (SSSR count). The highest BCUT2D eigenvalue weighted by Crippen LogP contribution is 2.54. The number of carbonyl (C=O) groups is 1. The van der Waals surface area contributed by atoms with Crippen molar-refractivity contribution >= 4 is 5.97 Å². The molecule has 0 spiro atoms. The Kier molecular flexibility index (Phi) is 2.99. The topological polar surface area (TPSA) is 79.9 Å². The maximum Gasteiger partial charge on any atom is 0.340 e. The molecule has 0 aromatic carbocycles. The van der Waals surface area contributed by atoms with Crippen molar-refractivity contribution in [3.63, 3.8) is 0 Å². The molecule has 1 saturated heterocycles. The summed E-state index contributed by atoms with van der Waals surface area (Å²) in [6.07, 6.45) is 0.248. The predicted molar refractivity (Wildman–Crippen MR) is 69.6 cm³/mol. The van der Waals surface area contributed by atoms with Crippen molar-refractivity contribution in [2.45, 2.75) is 45.0 Å². The number of ether oxygens (including phenoxy) is 1. The van der Waals surface area contributed by atoms with E-state index in [4.69, 9.17) is 9.15 Å². The van der Waals surface area contributed by atoms with Crippen molar-refractivity contribution < 1.29 is 24.2 Å². The first-order chi connectivity index (χ1) is 9.45. The lowest BCUT2D eigenvalue weighted by Gasteiger charge is -2.47. The molecule has 0 unspecified atom stereocenters. The number of rotatable bonds is 1. The number of aliphatic hydroxyl groups excluding tert-OH is 2. The van der Waals surface area contributed by atoms with Gasteiger partial charge in [-0.1, -0.05) is 6.92 Å². The van der Waals surface area contributed by atoms with E-state index in [-0.39, 0.29) is 0 Å². The lowest BCUT2D eigenvalue weighted by Crippen LogP contribution is -2.49. The number of furan rings is 1. The zero-order valence-electron chi connectivity index (χ0n) is 11.5. The zero-order chi connectivity index (χ0) is 14.5. The molecule has 2 heterocycles. The minimum atomic E-state index is -1.30. The van der Waals surface area contributed by atoms with Gasteiger partial charge in [0.1, 0.15) is 5.76 Å². The van der Waals surface area contributed by atoms with Crippen molar-refractivity contribution in [2.75, 3.05) is 0 Å². The lowest BCUT2D eigenvalue weighted by atomic mass is 9.63. The van der Waals surface area contributed by atoms with Gasteiger partial charge in [-0.05, 0) is 43.0 Å². The fraction of sp³-hybridized carbons (Fsp3) is 0.533. The minimum Gasteiger partial charge on any atom is -0.465 e. The van der Waals surface area contributed by atoms with Crippen LogP contribution in [-0.4, -0.2) is 28.4 Å². The summed E-state index contributed by atoms with van der Waals surface area (Å²) in [4.78, 5) is 11.9. The van der Waals surface area contributed by atoms with Crippen LogP contribution in [0, 0.1) is 5.41 Å². The number of cyclic esters (lactones) is 1. The summed E-state index contributed by atoms with van der Waals surface area (Å²) in [5.41, 5.74) is 0.697. The summed E-state index contributed by atoms with van der Waals surface area (Å²) in [7, 11) is 0. The van der Waals surface area contributed by atoms with Crippen molar-refractivity contribution in [2.24, 2.45) is 5.41 Å². The fourth-order valence-electron chi connectivity index (χ4n) is 3.46. The molecule has 108 valence electrons. The molecular weight excluding hydrogens is 260 g/mol. The molecule has 1 aliphatic carbocycles. The lowest BCUT2D eigenvalue weighted by molar-refractivity contribution is -0.176. The van der Waals surface area contributed by atoms with Crippen molar-refractivity contribution in [1.82, 2.24) is 0 Å². The summed E-state index contributed by atoms with van der Waals surface area (Å²) in [5, 5.41) is 20.2. The van der Waals surface area contributed by atoms with Gasteiger partial charge < -0.3 is 19.4 Å². The van der Waals surface area contributed by atoms with Crippen LogP contribution >= 0.6 is 0 Å². The van der Waals surface area contributed by atoms with Gasteiger partial charge in [0.15, 0.2) is 12.2 Å². The number of esters is 1. The van der Waals surface area contributed by atoms with Gasteiger partial charge in [0.2, 0.25) is 0 Å². The average molecular weight is 278 g/mol. The summed E-state index contributed by atoms with van der Waals surface area (Å²) in [5.74, 6) is -0.123. The van der Waals surface area contributed by atoms with E-state index in [9.17, 15) is 15.0 Å². The Balaban J connectivity index is 2.14. The van der Waals surface area contributed by atoms with E-state index in [0.29, 0.717) is 29.7 Å². The fourth-order valence-corrected chi connectivity index (χ4v) is 3.46. The molecule has 4 atom stereocenters. The Morgan fingerprint density at radius 2 is 2.15 bits per heavy atom. The Morgan fingerprint density at radius 3 is 2.80 bits per heavy atom. The number of fused-ring (bicyclic) bond motifs is 1. The van der Waals surface area contributed by atoms with Gasteiger partial charge in [0, 0.05) is 5.41 Å². The van der Waals surface area contributed by atoms with Crippen molar-refractivity contribution in [3.05, 3.63) is 35.3 Å². The van der Waals surface area contributed by atoms with Gasteiger partial charge in [-0.2, -0.15) is 0 Å². The molecular formula is C15H18O5. The van der Waals surface area contributed by atoms with Crippen LogP contribution in [0.25, 0.3) is 0 Å². The van der Waals surface area contributed by atoms with E-state index in [1.54, 1.807) is 19.1 Å². The summed E-state index contributed by atoms with van der Waals surface area (Å²) < 4.78 is 10.8. The van der Waals surface area contributed by atoms with E-state index in [1.165, 1.54) is 6.26 Å². The Bertz CT molecular complexity index is 559. The highest BCUT2D eigenvalue weighted by Gasteiger charge is 2.54. The van der Waals surface area contributed by atoms with Gasteiger partial charge in [-0.3, -0.25) is 0 Å². The molecule has 1 aromatic heterocycles. The van der Waals surface area contributed by atoms with Crippen LogP contribution in [0.15, 0.2) is 34.0 Å². The number of carbonyl (C=O) groups excluding carboxylic acids is 1. The van der Waals surface area contributed by atoms with Crippen LogP contribution in [0.3, 0.4) is 0 Å². The summed E-state index contributed by atoms with van der Waals surface area (Å²) in [6.45, 7) is 3.71. The first-order valence-electron chi connectivity index (χ1n) is 6.76. The summed E-state index contributed by atoms with van der Waals surface area (Å²) in [6, 6.07) is 3.50. The second-order valence-electron chi connectivity index (χ2n) is 5.80. The van der Waals surface area contributed by atoms with Gasteiger partial charge in [0.05, 0.1) is 12.4 Å². The van der Waals surface area contributed by atoms with Crippen LogP contribution in [-0.2, 0) is 9.53 Å². The van der Waals surface area contributed by atoms with Crippen LogP contribution in [0.4, 0.5) is 0 Å². The predicted octanol–water partition coefficient (Wildman–Crippen LogP) is 1.72. The molecule has 1 aliphatic heterocycles. The molecule has 2 aliphatic rings. The number of aliphatic hydroxyl groups is 2. The molecule has 5 heteroatoms. The highest BCUT2D eigenvalue weighted by molar-refractivity contribution is 5.81. The van der Waals surface area contributed by atoms with E-state index < -0.39 is 29.7 Å². The standard InChI is InChI=1S/C15H18O5/c1-8-9(16)5-6-15(2)11(8)12(17)14(18)20-13(15)10-4-3-7-19-10/h3-4,7,9,12-13,16-17H,5-6H2,1-2H3/t9-,12+,13-,15+/m0/s1. The van der Waals surface area contributed by atoms with Crippen molar-refractivity contribution in [1.29, 1.82) is 0 Å². The second-order valence-corrected chi connectivity index (χ2v) is 5.80. The van der Waals surface area contributed by atoms with E-state index in [2.05, 4.69) is 0 Å². The van der Waals surface area contributed by atoms with Crippen molar-refractivity contribution in [3.8, 4) is 0 Å². The number of hydrogen-bond donors (Lipinski definition) is 2. The molecule has 0 saturated carbocycles. The highest BCUT2D eigenvalue weighted by atomic mass is 16.6. The van der Waals surface area contributed by atoms with Crippen LogP contribution in [0.2, 0.25) is 0 Å². The molecule has 0 amide bonds. The van der Waals surface area contributed by atoms with Crippen LogP contribution < -0.4 is 0 Å². The maximum absolute atomic E-state index is 11.9. The average Bonchev–Trinajstić information content (AvgIpc) is 2.93. The largest absolute Gasteiger partial charge is 0.465 e. The van der Waals surface area contributed by atoms with Gasteiger partial charge in [-0.15, -0.1) is 0 Å². The smallest absolute Gasteiger partial charge is 0.340 e. The van der Waals surface area contributed by atoms with Gasteiger partial charge in [-0.25, -0.2) is 4.79 Å². The molecule has 0 bridgehead atoms. The molecule has 20 heavy (non-hydrogen) atoms. The normalized spacial score (nSPS) is 37.6. The quantitative estimate of drug-likeness (QED) is 0.604.